The Morgan fingerprint density at radius 1 is 1.07 bits per heavy atom. The quantitative estimate of drug-likeness (QED) is 0.785. The number of carbonyl (C=O) groups is 2. The van der Waals surface area contributed by atoms with Gasteiger partial charge in [-0.1, -0.05) is 18.0 Å². The lowest BCUT2D eigenvalue weighted by Gasteiger charge is -2.27. The smallest absolute Gasteiger partial charge is 0.307 e. The number of fused-ring (bicyclic) bond motifs is 1. The first kappa shape index (κ1) is 17.8. The van der Waals surface area contributed by atoms with E-state index in [0.29, 0.717) is 24.7 Å². The second-order valence-electron chi connectivity index (χ2n) is 8.12. The Bertz CT molecular complexity index is 930. The lowest BCUT2D eigenvalue weighted by molar-refractivity contribution is -0.147. The molecule has 0 radical (unpaired) electrons. The third kappa shape index (κ3) is 3.13. The first-order valence-corrected chi connectivity index (χ1v) is 11.0. The third-order valence-corrected chi connectivity index (χ3v) is 7.38. The van der Waals surface area contributed by atoms with Crippen molar-refractivity contribution in [2.24, 2.45) is 11.8 Å². The molecular weight excluding hydrogens is 378 g/mol. The summed E-state index contributed by atoms with van der Waals surface area (Å²) in [4.78, 5) is 30.4. The molecule has 0 saturated heterocycles. The number of anilines is 1. The van der Waals surface area contributed by atoms with Crippen molar-refractivity contribution in [3.05, 3.63) is 16.3 Å². The highest BCUT2D eigenvalue weighted by molar-refractivity contribution is 7.17. The molecule has 8 heteroatoms. The number of hydrogen-bond acceptors (Lipinski definition) is 6. The van der Waals surface area contributed by atoms with E-state index in [1.807, 2.05) is 0 Å². The molecule has 2 fully saturated rings. The number of carboxylic acid groups (broad SMARTS) is 1. The summed E-state index contributed by atoms with van der Waals surface area (Å²) >= 11 is 1.57. The number of nitrogens with one attached hydrogen (secondary N) is 1. The highest BCUT2D eigenvalue weighted by Gasteiger charge is 2.37. The van der Waals surface area contributed by atoms with Crippen molar-refractivity contribution in [2.75, 3.05) is 5.32 Å². The van der Waals surface area contributed by atoms with Crippen LogP contribution in [0.2, 0.25) is 0 Å². The molecule has 0 bridgehead atoms. The van der Waals surface area contributed by atoms with Crippen LogP contribution in [0.15, 0.2) is 4.52 Å². The van der Waals surface area contributed by atoms with Gasteiger partial charge < -0.3 is 14.9 Å². The van der Waals surface area contributed by atoms with Crippen LogP contribution in [0.4, 0.5) is 5.00 Å². The molecule has 0 aromatic carbocycles. The van der Waals surface area contributed by atoms with Gasteiger partial charge in [0.1, 0.15) is 5.00 Å². The number of aliphatic carboxylic acids is 1. The van der Waals surface area contributed by atoms with E-state index in [1.54, 1.807) is 11.3 Å². The highest BCUT2D eigenvalue weighted by atomic mass is 32.1. The minimum atomic E-state index is -0.875. The number of aryl methyl sites for hydroxylation is 1. The average molecular weight is 401 g/mol. The van der Waals surface area contributed by atoms with E-state index in [-0.39, 0.29) is 5.91 Å². The molecule has 2 N–H and O–H groups in total. The van der Waals surface area contributed by atoms with Crippen molar-refractivity contribution in [2.45, 2.75) is 63.7 Å². The zero-order valence-electron chi connectivity index (χ0n) is 15.6. The largest absolute Gasteiger partial charge is 0.481 e. The molecule has 1 amide bonds. The Kier molecular flexibility index (Phi) is 4.45. The molecule has 2 aromatic rings. The van der Waals surface area contributed by atoms with Crippen LogP contribution in [0.3, 0.4) is 0 Å². The van der Waals surface area contributed by atoms with Gasteiger partial charge in [0.05, 0.1) is 17.4 Å². The van der Waals surface area contributed by atoms with Gasteiger partial charge in [-0.3, -0.25) is 9.59 Å². The predicted molar refractivity (Wildman–Crippen MR) is 103 cm³/mol. The molecule has 2 heterocycles. The van der Waals surface area contributed by atoms with E-state index in [1.165, 1.54) is 10.4 Å². The molecule has 2 saturated carbocycles. The molecule has 0 aliphatic heterocycles. The summed E-state index contributed by atoms with van der Waals surface area (Å²) in [6.45, 7) is 0. The lowest BCUT2D eigenvalue weighted by atomic mass is 9.79. The van der Waals surface area contributed by atoms with Crippen molar-refractivity contribution >= 4 is 28.2 Å². The van der Waals surface area contributed by atoms with Crippen molar-refractivity contribution in [1.82, 2.24) is 10.1 Å². The number of aromatic nitrogens is 2. The van der Waals surface area contributed by atoms with Crippen LogP contribution in [0.1, 0.15) is 67.1 Å². The summed E-state index contributed by atoms with van der Waals surface area (Å²) < 4.78 is 5.56. The number of carbonyl (C=O) groups excluding carboxylic acids is 1. The van der Waals surface area contributed by atoms with E-state index >= 15 is 0 Å². The van der Waals surface area contributed by atoms with Crippen LogP contribution < -0.4 is 5.32 Å². The maximum Gasteiger partial charge on any atom is 0.307 e. The summed E-state index contributed by atoms with van der Waals surface area (Å²) in [6.07, 6.45) is 8.18. The fourth-order valence-corrected chi connectivity index (χ4v) is 5.79. The Balaban J connectivity index is 1.45. The number of thiophene rings is 1. The van der Waals surface area contributed by atoms with Gasteiger partial charge in [0.25, 0.3) is 5.89 Å². The number of amides is 1. The molecule has 2 aromatic heterocycles. The molecule has 0 unspecified atom stereocenters. The SMILES string of the molecule is O=C(Nc1sc2c(c1-c1nc(C3CC3)no1)CCC2)[C@H]1CCCC[C@H]1C(=O)O. The van der Waals surface area contributed by atoms with Crippen LogP contribution in [0.5, 0.6) is 0 Å². The molecule has 28 heavy (non-hydrogen) atoms. The van der Waals surface area contributed by atoms with Crippen molar-refractivity contribution in [3.8, 4) is 11.5 Å². The lowest BCUT2D eigenvalue weighted by Crippen LogP contribution is -2.36. The number of carboxylic acids is 1. The standard InChI is InChI=1S/C20H23N3O4S/c24-17(11-4-1-2-5-12(11)20(25)26)22-19-15(13-6-3-7-14(13)28-19)18-21-16(23-27-18)10-8-9-10/h10-12H,1-9H2,(H,22,24)(H,25,26)/t11-,12+/m0/s1. The normalized spacial score (nSPS) is 24.1. The summed E-state index contributed by atoms with van der Waals surface area (Å²) in [5, 5.41) is 17.4. The number of rotatable bonds is 5. The minimum absolute atomic E-state index is 0.199. The van der Waals surface area contributed by atoms with E-state index in [0.717, 1.165) is 61.3 Å². The Morgan fingerprint density at radius 2 is 1.86 bits per heavy atom. The fourth-order valence-electron chi connectivity index (χ4n) is 4.51. The van der Waals surface area contributed by atoms with Crippen molar-refractivity contribution < 1.29 is 19.2 Å². The second-order valence-corrected chi connectivity index (χ2v) is 9.22. The molecule has 3 aliphatic rings. The maximum absolute atomic E-state index is 13.0. The zero-order chi connectivity index (χ0) is 19.3. The van der Waals surface area contributed by atoms with Gasteiger partial charge in [-0.05, 0) is 50.5 Å². The van der Waals surface area contributed by atoms with Crippen molar-refractivity contribution in [1.29, 1.82) is 0 Å². The first-order valence-electron chi connectivity index (χ1n) is 10.1. The highest BCUT2D eigenvalue weighted by Crippen LogP contribution is 2.46. The molecule has 7 nitrogen and oxygen atoms in total. The molecule has 2 atom stereocenters. The van der Waals surface area contributed by atoms with E-state index in [9.17, 15) is 14.7 Å². The van der Waals surface area contributed by atoms with Gasteiger partial charge in [0.2, 0.25) is 5.91 Å². The van der Waals surface area contributed by atoms with Gasteiger partial charge in [-0.2, -0.15) is 4.98 Å². The Labute approximate surface area is 166 Å². The van der Waals surface area contributed by atoms with Crippen LogP contribution in [-0.4, -0.2) is 27.1 Å². The summed E-state index contributed by atoms with van der Waals surface area (Å²) in [6, 6.07) is 0. The van der Waals surface area contributed by atoms with Crippen LogP contribution in [0, 0.1) is 11.8 Å². The van der Waals surface area contributed by atoms with E-state index < -0.39 is 17.8 Å². The Morgan fingerprint density at radius 3 is 2.61 bits per heavy atom. The maximum atomic E-state index is 13.0. The summed E-state index contributed by atoms with van der Waals surface area (Å²) in [5.74, 6) is -0.524. The number of hydrogen-bond donors (Lipinski definition) is 2. The minimum Gasteiger partial charge on any atom is -0.481 e. The number of nitrogens with zero attached hydrogens (tertiary/aromatic N) is 2. The zero-order valence-corrected chi connectivity index (χ0v) is 16.4. The second kappa shape index (κ2) is 6.99. The molecule has 3 aliphatic carbocycles. The molecule has 0 spiro atoms. The van der Waals surface area contributed by atoms with Gasteiger partial charge in [-0.25, -0.2) is 0 Å². The van der Waals surface area contributed by atoms with E-state index in [2.05, 4.69) is 15.5 Å². The van der Waals surface area contributed by atoms with Crippen molar-refractivity contribution in [3.63, 3.8) is 0 Å². The third-order valence-electron chi connectivity index (χ3n) is 6.18. The van der Waals surface area contributed by atoms with Gasteiger partial charge in [0.15, 0.2) is 5.82 Å². The van der Waals surface area contributed by atoms with E-state index in [4.69, 9.17) is 4.52 Å². The fraction of sp³-hybridized carbons (Fsp3) is 0.600. The van der Waals surface area contributed by atoms with Gasteiger partial charge in [-0.15, -0.1) is 11.3 Å². The summed E-state index contributed by atoms with van der Waals surface area (Å²) in [5.41, 5.74) is 2.05. The molecule has 5 rings (SSSR count). The Hall–Kier alpha value is -2.22. The van der Waals surface area contributed by atoms with Crippen LogP contribution in [0.25, 0.3) is 11.5 Å². The van der Waals surface area contributed by atoms with Gasteiger partial charge >= 0.3 is 5.97 Å². The monoisotopic (exact) mass is 401 g/mol. The van der Waals surface area contributed by atoms with Crippen LogP contribution in [-0.2, 0) is 22.4 Å². The summed E-state index contributed by atoms with van der Waals surface area (Å²) in [7, 11) is 0. The molecule has 148 valence electrons. The average Bonchev–Trinajstić information content (AvgIpc) is 3.10. The first-order chi connectivity index (χ1) is 13.6. The predicted octanol–water partition coefficient (Wildman–Crippen LogP) is 3.99. The van der Waals surface area contributed by atoms with Crippen LogP contribution >= 0.6 is 11.3 Å². The molecular formula is C20H23N3O4S. The van der Waals surface area contributed by atoms with Gasteiger partial charge in [0, 0.05) is 10.8 Å². The topological polar surface area (TPSA) is 105 Å².